The third-order valence-corrected chi connectivity index (χ3v) is 5.02. The molecule has 0 amide bonds. The minimum atomic E-state index is 0.434. The number of nitrogens with one attached hydrogen (secondary N) is 1. The summed E-state index contributed by atoms with van der Waals surface area (Å²) in [4.78, 5) is 4.51. The van der Waals surface area contributed by atoms with Crippen molar-refractivity contribution in [1.29, 1.82) is 0 Å². The molecule has 0 fully saturated rings. The van der Waals surface area contributed by atoms with Gasteiger partial charge in [0, 0.05) is 26.0 Å². The molecule has 0 aliphatic rings. The van der Waals surface area contributed by atoms with Crippen LogP contribution in [0.2, 0.25) is 10.0 Å². The number of anilines is 1. The van der Waals surface area contributed by atoms with Crippen molar-refractivity contribution in [3.63, 3.8) is 0 Å². The van der Waals surface area contributed by atoms with Gasteiger partial charge < -0.3 is 4.74 Å². The average molecular weight is 457 g/mol. The number of hydrogen-bond donors (Lipinski definition) is 1. The molecule has 0 aliphatic carbocycles. The second-order valence-corrected chi connectivity index (χ2v) is 7.54. The van der Waals surface area contributed by atoms with Crippen LogP contribution in [-0.2, 0) is 0 Å². The molecular weight excluding hydrogens is 445 g/mol. The highest BCUT2D eigenvalue weighted by Gasteiger charge is 2.08. The maximum atomic E-state index is 6.11. The van der Waals surface area contributed by atoms with E-state index in [0.717, 1.165) is 15.7 Å². The quantitative estimate of drug-likeness (QED) is 0.360. The fourth-order valence-electron chi connectivity index (χ4n) is 2.13. The number of halogens is 3. The lowest BCUT2D eigenvalue weighted by Gasteiger charge is -2.07. The van der Waals surface area contributed by atoms with E-state index in [1.54, 1.807) is 25.5 Å². The van der Waals surface area contributed by atoms with E-state index in [2.05, 4.69) is 31.4 Å². The molecule has 0 saturated carbocycles. The monoisotopic (exact) mass is 455 g/mol. The molecule has 128 valence electrons. The van der Waals surface area contributed by atoms with Crippen LogP contribution in [0.3, 0.4) is 0 Å². The molecule has 0 atom stereocenters. The molecule has 2 aromatic carbocycles. The van der Waals surface area contributed by atoms with Crippen molar-refractivity contribution in [3.05, 3.63) is 61.9 Å². The minimum Gasteiger partial charge on any atom is -0.495 e. The van der Waals surface area contributed by atoms with Gasteiger partial charge in [-0.1, -0.05) is 51.3 Å². The molecule has 1 heterocycles. The first-order valence-electron chi connectivity index (χ1n) is 7.10. The van der Waals surface area contributed by atoms with Gasteiger partial charge in [-0.3, -0.25) is 5.43 Å². The van der Waals surface area contributed by atoms with Crippen molar-refractivity contribution in [1.82, 2.24) is 4.98 Å². The summed E-state index contributed by atoms with van der Waals surface area (Å²) in [6.07, 6.45) is 1.59. The van der Waals surface area contributed by atoms with Crippen LogP contribution in [0.1, 0.15) is 5.56 Å². The Labute approximate surface area is 167 Å². The van der Waals surface area contributed by atoms with Crippen LogP contribution in [-0.4, -0.2) is 18.3 Å². The number of hydrogen-bond acceptors (Lipinski definition) is 5. The number of hydrazone groups is 1. The van der Waals surface area contributed by atoms with Gasteiger partial charge in [0.1, 0.15) is 5.75 Å². The number of rotatable bonds is 5. The fraction of sp³-hybridized carbons (Fsp3) is 0.0588. The fourth-order valence-corrected chi connectivity index (χ4v) is 3.65. The van der Waals surface area contributed by atoms with Gasteiger partial charge >= 0.3 is 0 Å². The van der Waals surface area contributed by atoms with Crippen molar-refractivity contribution in [2.75, 3.05) is 12.5 Å². The average Bonchev–Trinajstić information content (AvgIpc) is 3.04. The van der Waals surface area contributed by atoms with Gasteiger partial charge in [0.15, 0.2) is 0 Å². The summed E-state index contributed by atoms with van der Waals surface area (Å²) in [5.41, 5.74) is 5.52. The van der Waals surface area contributed by atoms with Crippen molar-refractivity contribution in [3.8, 4) is 17.0 Å². The molecule has 8 heteroatoms. The largest absolute Gasteiger partial charge is 0.495 e. The zero-order valence-electron chi connectivity index (χ0n) is 13.0. The van der Waals surface area contributed by atoms with Gasteiger partial charge in [0.25, 0.3) is 0 Å². The highest BCUT2D eigenvalue weighted by atomic mass is 79.9. The molecule has 0 saturated heterocycles. The number of methoxy groups -OCH3 is 1. The highest BCUT2D eigenvalue weighted by Crippen LogP contribution is 2.31. The van der Waals surface area contributed by atoms with E-state index in [9.17, 15) is 0 Å². The van der Waals surface area contributed by atoms with E-state index in [4.69, 9.17) is 27.9 Å². The molecular formula is C17H12BrCl2N3OS. The second-order valence-electron chi connectivity index (χ2n) is 4.92. The van der Waals surface area contributed by atoms with E-state index in [-0.39, 0.29) is 0 Å². The molecule has 0 spiro atoms. The van der Waals surface area contributed by atoms with Gasteiger partial charge in [-0.05, 0) is 24.3 Å². The molecule has 3 aromatic rings. The van der Waals surface area contributed by atoms with E-state index < -0.39 is 0 Å². The van der Waals surface area contributed by atoms with Crippen LogP contribution in [0.15, 0.2) is 51.4 Å². The highest BCUT2D eigenvalue weighted by molar-refractivity contribution is 9.10. The van der Waals surface area contributed by atoms with E-state index in [1.165, 1.54) is 11.3 Å². The number of ether oxygens (including phenoxy) is 1. The Morgan fingerprint density at radius 3 is 2.72 bits per heavy atom. The molecule has 25 heavy (non-hydrogen) atoms. The van der Waals surface area contributed by atoms with Gasteiger partial charge in [0.2, 0.25) is 5.13 Å². The van der Waals surface area contributed by atoms with E-state index in [1.807, 2.05) is 29.6 Å². The second kappa shape index (κ2) is 8.19. The SMILES string of the molecule is COc1c(Cl)cc(Cl)cc1/C=N/Nc1nc(-c2ccc(Br)cc2)cs1. The molecule has 4 nitrogen and oxygen atoms in total. The summed E-state index contributed by atoms with van der Waals surface area (Å²) < 4.78 is 6.31. The first-order chi connectivity index (χ1) is 12.1. The standard InChI is InChI=1S/C17H12BrCl2N3OS/c1-24-16-11(6-13(19)7-14(16)20)8-21-23-17-22-15(9-25-17)10-2-4-12(18)5-3-10/h2-9H,1H3,(H,22,23)/b21-8+. The Hall–Kier alpha value is -1.60. The normalized spacial score (nSPS) is 11.0. The maximum Gasteiger partial charge on any atom is 0.203 e. The smallest absolute Gasteiger partial charge is 0.203 e. The van der Waals surface area contributed by atoms with Gasteiger partial charge in [0.05, 0.1) is 24.0 Å². The molecule has 0 bridgehead atoms. The zero-order valence-corrected chi connectivity index (χ0v) is 16.9. The zero-order chi connectivity index (χ0) is 17.8. The van der Waals surface area contributed by atoms with E-state index in [0.29, 0.717) is 26.5 Å². The molecule has 0 aliphatic heterocycles. The summed E-state index contributed by atoms with van der Waals surface area (Å²) in [5.74, 6) is 0.520. The predicted molar refractivity (Wildman–Crippen MR) is 109 cm³/mol. The number of nitrogens with zero attached hydrogens (tertiary/aromatic N) is 2. The maximum absolute atomic E-state index is 6.11. The molecule has 0 radical (unpaired) electrons. The van der Waals surface area contributed by atoms with E-state index >= 15 is 0 Å². The third-order valence-electron chi connectivity index (χ3n) is 3.25. The summed E-state index contributed by atoms with van der Waals surface area (Å²) in [5, 5.41) is 7.79. The third kappa shape index (κ3) is 4.52. The topological polar surface area (TPSA) is 46.5 Å². The van der Waals surface area contributed by atoms with Gasteiger partial charge in [-0.2, -0.15) is 5.10 Å². The van der Waals surface area contributed by atoms with Gasteiger partial charge in [-0.25, -0.2) is 4.98 Å². The molecule has 3 rings (SSSR count). The molecule has 1 N–H and O–H groups in total. The summed E-state index contributed by atoms with van der Waals surface area (Å²) in [6, 6.07) is 11.3. The summed E-state index contributed by atoms with van der Waals surface area (Å²) >= 11 is 17.0. The molecule has 0 unspecified atom stereocenters. The Bertz CT molecular complexity index is 913. The van der Waals surface area contributed by atoms with Crippen LogP contribution in [0.4, 0.5) is 5.13 Å². The Balaban J connectivity index is 1.74. The Kier molecular flexibility index (Phi) is 5.96. The summed E-state index contributed by atoms with van der Waals surface area (Å²) in [7, 11) is 1.55. The lowest BCUT2D eigenvalue weighted by Crippen LogP contribution is -1.95. The van der Waals surface area contributed by atoms with Crippen LogP contribution in [0.25, 0.3) is 11.3 Å². The van der Waals surface area contributed by atoms with Crippen molar-refractivity contribution in [2.45, 2.75) is 0 Å². The lowest BCUT2D eigenvalue weighted by molar-refractivity contribution is 0.414. The molecule has 1 aromatic heterocycles. The van der Waals surface area contributed by atoms with Crippen molar-refractivity contribution >= 4 is 61.8 Å². The Morgan fingerprint density at radius 1 is 1.24 bits per heavy atom. The first-order valence-corrected chi connectivity index (χ1v) is 9.53. The Morgan fingerprint density at radius 2 is 2.00 bits per heavy atom. The van der Waals surface area contributed by atoms with Crippen LogP contribution >= 0.6 is 50.5 Å². The number of thiazole rings is 1. The lowest BCUT2D eigenvalue weighted by atomic mass is 10.2. The predicted octanol–water partition coefficient (Wildman–Crippen LogP) is 6.33. The van der Waals surface area contributed by atoms with Crippen LogP contribution in [0.5, 0.6) is 5.75 Å². The first kappa shape index (κ1) is 18.2. The number of aromatic nitrogens is 1. The summed E-state index contributed by atoms with van der Waals surface area (Å²) in [6.45, 7) is 0. The number of benzene rings is 2. The van der Waals surface area contributed by atoms with Crippen molar-refractivity contribution < 1.29 is 4.74 Å². The van der Waals surface area contributed by atoms with Crippen LogP contribution in [0, 0.1) is 0 Å². The van der Waals surface area contributed by atoms with Crippen LogP contribution < -0.4 is 10.2 Å². The van der Waals surface area contributed by atoms with Crippen molar-refractivity contribution in [2.24, 2.45) is 5.10 Å². The van der Waals surface area contributed by atoms with Gasteiger partial charge in [-0.15, -0.1) is 11.3 Å². The minimum absolute atomic E-state index is 0.434.